The fourth-order valence-corrected chi connectivity index (χ4v) is 6.20. The molecule has 3 heterocycles. The van der Waals surface area contributed by atoms with Crippen LogP contribution in [0.2, 0.25) is 10.0 Å². The molecule has 0 unspecified atom stereocenters. The van der Waals surface area contributed by atoms with E-state index < -0.39 is 6.04 Å². The molecule has 0 saturated carbocycles. The summed E-state index contributed by atoms with van der Waals surface area (Å²) in [7, 11) is 0. The molecule has 0 radical (unpaired) electrons. The Bertz CT molecular complexity index is 1540. The number of hydrogen-bond acceptors (Lipinski definition) is 6. The van der Waals surface area contributed by atoms with Crippen molar-refractivity contribution in [2.24, 2.45) is 0 Å². The molecule has 5 nitrogen and oxygen atoms in total. The van der Waals surface area contributed by atoms with Crippen LogP contribution >= 0.6 is 34.5 Å². The monoisotopic (exact) mass is 508 g/mol. The molecule has 1 aliphatic carbocycles. The number of carbonyl (C=O) groups is 1. The number of anilines is 2. The van der Waals surface area contributed by atoms with Crippen LogP contribution in [0.15, 0.2) is 80.7 Å². The Morgan fingerprint density at radius 1 is 1.00 bits per heavy atom. The average molecular weight is 509 g/mol. The van der Waals surface area contributed by atoms with Gasteiger partial charge in [0.05, 0.1) is 33.4 Å². The average Bonchev–Trinajstić information content (AvgIpc) is 3.29. The summed E-state index contributed by atoms with van der Waals surface area (Å²) in [6, 6.07) is 14.2. The summed E-state index contributed by atoms with van der Waals surface area (Å²) in [6.45, 7) is 0. The number of halogens is 2. The zero-order valence-corrected chi connectivity index (χ0v) is 20.1. The molecular formula is C26H18Cl2N2O3S. The van der Waals surface area contributed by atoms with Crippen LogP contribution in [0.4, 0.5) is 11.4 Å². The van der Waals surface area contributed by atoms with E-state index in [4.69, 9.17) is 27.6 Å². The minimum Gasteiger partial charge on any atom is -0.462 e. The third kappa shape index (κ3) is 3.54. The topological polar surface area (TPSA) is 71.3 Å². The van der Waals surface area contributed by atoms with Crippen LogP contribution in [0.3, 0.4) is 0 Å². The Hall–Kier alpha value is -3.06. The number of hydrogen-bond donors (Lipinski definition) is 2. The van der Waals surface area contributed by atoms with Gasteiger partial charge in [0.2, 0.25) is 0 Å². The smallest absolute Gasteiger partial charge is 0.198 e. The van der Waals surface area contributed by atoms with Gasteiger partial charge in [0.25, 0.3) is 0 Å². The molecule has 2 N–H and O–H groups in total. The number of Topliss-reactive ketones (excluding diaryl/α,β-unsaturated/α-hetero) is 1. The van der Waals surface area contributed by atoms with E-state index in [0.717, 1.165) is 17.1 Å². The minimum atomic E-state index is -0.679. The zero-order chi connectivity index (χ0) is 23.4. The number of carbonyl (C=O) groups excluding carboxylic acids is 1. The van der Waals surface area contributed by atoms with E-state index in [-0.39, 0.29) is 33.1 Å². The SMILES string of the molecule is O=C1C[C@@H](c2cccs2)CC2=C1[C@@H](c1coc3c(Cl)cc(Cl)cc3c1=O)Nc1ccccc1N2. The van der Waals surface area contributed by atoms with Crippen LogP contribution < -0.4 is 16.1 Å². The highest BCUT2D eigenvalue weighted by atomic mass is 35.5. The van der Waals surface area contributed by atoms with Crippen molar-refractivity contribution < 1.29 is 9.21 Å². The van der Waals surface area contributed by atoms with Crippen molar-refractivity contribution >= 4 is 62.7 Å². The van der Waals surface area contributed by atoms with Crippen molar-refractivity contribution in [2.75, 3.05) is 10.6 Å². The number of rotatable bonds is 2. The van der Waals surface area contributed by atoms with Crippen LogP contribution in [0.25, 0.3) is 11.0 Å². The van der Waals surface area contributed by atoms with Crippen molar-refractivity contribution in [1.29, 1.82) is 0 Å². The molecule has 34 heavy (non-hydrogen) atoms. The highest BCUT2D eigenvalue weighted by Crippen LogP contribution is 2.44. The van der Waals surface area contributed by atoms with Crippen molar-refractivity contribution in [3.8, 4) is 0 Å². The molecule has 6 rings (SSSR count). The second-order valence-corrected chi connectivity index (χ2v) is 10.3. The van der Waals surface area contributed by atoms with Crippen LogP contribution in [0, 0.1) is 0 Å². The van der Waals surface area contributed by atoms with E-state index >= 15 is 0 Å². The fraction of sp³-hybridized carbons (Fsp3) is 0.154. The molecule has 0 saturated heterocycles. The van der Waals surface area contributed by atoms with E-state index in [0.29, 0.717) is 29.0 Å². The van der Waals surface area contributed by atoms with Gasteiger partial charge >= 0.3 is 0 Å². The van der Waals surface area contributed by atoms with E-state index in [2.05, 4.69) is 16.7 Å². The quantitative estimate of drug-likeness (QED) is 0.301. The third-order valence-electron chi connectivity index (χ3n) is 6.38. The lowest BCUT2D eigenvalue weighted by atomic mass is 9.81. The maximum Gasteiger partial charge on any atom is 0.198 e. The summed E-state index contributed by atoms with van der Waals surface area (Å²) in [5.74, 6) is 0.0939. The van der Waals surface area contributed by atoms with E-state index in [1.165, 1.54) is 17.2 Å². The number of nitrogens with one attached hydrogen (secondary N) is 2. The first-order chi connectivity index (χ1) is 16.5. The first kappa shape index (κ1) is 21.5. The maximum atomic E-state index is 13.6. The minimum absolute atomic E-state index is 0.001000. The number of benzene rings is 2. The molecule has 2 aromatic heterocycles. The summed E-state index contributed by atoms with van der Waals surface area (Å²) >= 11 is 14.1. The van der Waals surface area contributed by atoms with E-state index in [1.807, 2.05) is 35.7 Å². The number of thiophene rings is 1. The molecule has 8 heteroatoms. The summed E-state index contributed by atoms with van der Waals surface area (Å²) in [5.41, 5.74) is 3.36. The molecule has 2 atom stereocenters. The van der Waals surface area contributed by atoms with Gasteiger partial charge in [-0.3, -0.25) is 9.59 Å². The summed E-state index contributed by atoms with van der Waals surface area (Å²) in [6.07, 6.45) is 2.45. The summed E-state index contributed by atoms with van der Waals surface area (Å²) < 4.78 is 5.80. The van der Waals surface area contributed by atoms with Gasteiger partial charge in [-0.25, -0.2) is 0 Å². The molecule has 1 aliphatic heterocycles. The van der Waals surface area contributed by atoms with Gasteiger partial charge in [-0.1, -0.05) is 41.4 Å². The summed E-state index contributed by atoms with van der Waals surface area (Å²) in [5, 5.41) is 9.83. The zero-order valence-electron chi connectivity index (χ0n) is 17.7. The largest absolute Gasteiger partial charge is 0.462 e. The predicted octanol–water partition coefficient (Wildman–Crippen LogP) is 7.14. The predicted molar refractivity (Wildman–Crippen MR) is 137 cm³/mol. The standard InChI is InChI=1S/C26H18Cl2N2O3S/c27-14-10-15-25(32)16(12-33-26(15)17(28)11-14)24-23-20(29-18-4-1-2-5-19(18)30-24)8-13(9-21(23)31)22-6-3-7-34-22/h1-7,10-13,24,29-30H,8-9H2/t13-,24+/m0/s1. The fourth-order valence-electron chi connectivity index (χ4n) is 4.83. The first-order valence-corrected chi connectivity index (χ1v) is 12.5. The van der Waals surface area contributed by atoms with Crippen molar-refractivity contribution in [1.82, 2.24) is 0 Å². The molecule has 0 bridgehead atoms. The molecule has 0 spiro atoms. The Morgan fingerprint density at radius 2 is 1.82 bits per heavy atom. The lowest BCUT2D eigenvalue weighted by molar-refractivity contribution is -0.116. The van der Waals surface area contributed by atoms with Crippen molar-refractivity contribution in [3.05, 3.63) is 102 Å². The number of fused-ring (bicyclic) bond motifs is 2. The summed E-state index contributed by atoms with van der Waals surface area (Å²) in [4.78, 5) is 28.4. The van der Waals surface area contributed by atoms with Gasteiger partial charge in [-0.2, -0.15) is 0 Å². The molecule has 2 aromatic carbocycles. The van der Waals surface area contributed by atoms with Crippen LogP contribution in [-0.2, 0) is 4.79 Å². The van der Waals surface area contributed by atoms with Gasteiger partial charge in [-0.05, 0) is 42.1 Å². The van der Waals surface area contributed by atoms with Gasteiger partial charge in [0, 0.05) is 33.5 Å². The Kier molecular flexibility index (Phi) is 5.25. The lowest BCUT2D eigenvalue weighted by Gasteiger charge is -2.29. The number of allylic oxidation sites excluding steroid dienone is 1. The molecule has 2 aliphatic rings. The van der Waals surface area contributed by atoms with Crippen LogP contribution in [0.5, 0.6) is 0 Å². The van der Waals surface area contributed by atoms with E-state index in [9.17, 15) is 9.59 Å². The maximum absolute atomic E-state index is 13.6. The Morgan fingerprint density at radius 3 is 2.62 bits per heavy atom. The number of ketones is 1. The normalized spacial score (nSPS) is 19.8. The molecule has 0 fully saturated rings. The van der Waals surface area contributed by atoms with Gasteiger partial charge < -0.3 is 15.1 Å². The van der Waals surface area contributed by atoms with Gasteiger partial charge in [0.1, 0.15) is 6.26 Å². The lowest BCUT2D eigenvalue weighted by Crippen LogP contribution is -2.29. The first-order valence-electron chi connectivity index (χ1n) is 10.8. The Labute approximate surface area is 209 Å². The van der Waals surface area contributed by atoms with Crippen LogP contribution in [0.1, 0.15) is 35.2 Å². The van der Waals surface area contributed by atoms with Gasteiger partial charge in [0.15, 0.2) is 16.8 Å². The van der Waals surface area contributed by atoms with Crippen LogP contribution in [-0.4, -0.2) is 5.78 Å². The molecule has 0 amide bonds. The van der Waals surface area contributed by atoms with Gasteiger partial charge in [-0.15, -0.1) is 11.3 Å². The highest BCUT2D eigenvalue weighted by molar-refractivity contribution is 7.10. The number of para-hydroxylation sites is 2. The third-order valence-corrected chi connectivity index (χ3v) is 7.92. The molecule has 4 aromatic rings. The van der Waals surface area contributed by atoms with Crippen molar-refractivity contribution in [2.45, 2.75) is 24.8 Å². The Balaban J connectivity index is 1.55. The second-order valence-electron chi connectivity index (χ2n) is 8.47. The molecule has 170 valence electrons. The molecular weight excluding hydrogens is 491 g/mol. The van der Waals surface area contributed by atoms with E-state index in [1.54, 1.807) is 17.4 Å². The second kappa shape index (κ2) is 8.31. The van der Waals surface area contributed by atoms with Crippen molar-refractivity contribution in [3.63, 3.8) is 0 Å². The highest BCUT2D eigenvalue weighted by Gasteiger charge is 2.37.